The summed E-state index contributed by atoms with van der Waals surface area (Å²) >= 11 is 5.94. The number of methoxy groups -OCH3 is 2. The van der Waals surface area contributed by atoms with Crippen LogP contribution in [-0.4, -0.2) is 31.0 Å². The number of hydrogen-bond donors (Lipinski definition) is 0. The normalized spacial score (nSPS) is 21.3. The van der Waals surface area contributed by atoms with E-state index >= 15 is 0 Å². The second kappa shape index (κ2) is 7.91. The van der Waals surface area contributed by atoms with Crippen LogP contribution in [0.5, 0.6) is 5.75 Å². The summed E-state index contributed by atoms with van der Waals surface area (Å²) in [5, 5.41) is 10.5. The van der Waals surface area contributed by atoms with Gasteiger partial charge in [0.1, 0.15) is 5.75 Å². The molecule has 1 fully saturated rings. The number of ether oxygens (including phenoxy) is 2. The van der Waals surface area contributed by atoms with Crippen LogP contribution in [0.15, 0.2) is 48.5 Å². The van der Waals surface area contributed by atoms with Gasteiger partial charge in [-0.15, -0.1) is 0 Å². The van der Waals surface area contributed by atoms with Crippen LogP contribution in [0.2, 0.25) is 5.02 Å². The van der Waals surface area contributed by atoms with E-state index in [0.717, 1.165) is 5.56 Å². The van der Waals surface area contributed by atoms with Crippen LogP contribution in [0.25, 0.3) is 0 Å². The largest absolute Gasteiger partial charge is 0.497 e. The standard InChI is InChI=1S/C21H19ClN2O4/c1-27-17-9-5-15(6-10-17)19-21(13-23,20(26)28-2)11-18(25)24(19)12-14-3-7-16(22)8-4-14/h3-10,19H,11-12H2,1-2H3/t19-,21+/m1/s1. The fraction of sp³-hybridized carbons (Fsp3) is 0.286. The molecular formula is C21H19ClN2O4. The predicted octanol–water partition coefficient (Wildman–Crippen LogP) is 3.51. The number of nitrogens with zero attached hydrogens (tertiary/aromatic N) is 2. The van der Waals surface area contributed by atoms with Crippen LogP contribution in [0.3, 0.4) is 0 Å². The molecule has 0 spiro atoms. The summed E-state index contributed by atoms with van der Waals surface area (Å²) < 4.78 is 10.1. The Morgan fingerprint density at radius 1 is 1.21 bits per heavy atom. The van der Waals surface area contributed by atoms with Crippen LogP contribution in [0.4, 0.5) is 0 Å². The molecule has 28 heavy (non-hydrogen) atoms. The van der Waals surface area contributed by atoms with Gasteiger partial charge in [0.15, 0.2) is 5.41 Å². The molecule has 2 aromatic rings. The van der Waals surface area contributed by atoms with Gasteiger partial charge in [-0.25, -0.2) is 0 Å². The number of hydrogen-bond acceptors (Lipinski definition) is 5. The Morgan fingerprint density at radius 3 is 2.39 bits per heavy atom. The van der Waals surface area contributed by atoms with Crippen LogP contribution >= 0.6 is 11.6 Å². The quantitative estimate of drug-likeness (QED) is 0.720. The predicted molar refractivity (Wildman–Crippen MR) is 102 cm³/mol. The fourth-order valence-corrected chi connectivity index (χ4v) is 3.70. The van der Waals surface area contributed by atoms with Gasteiger partial charge in [0, 0.05) is 11.6 Å². The highest BCUT2D eigenvalue weighted by molar-refractivity contribution is 6.30. The molecule has 1 heterocycles. The molecule has 0 aromatic heterocycles. The first-order chi connectivity index (χ1) is 13.4. The Bertz CT molecular complexity index is 921. The lowest BCUT2D eigenvalue weighted by Crippen LogP contribution is -2.38. The summed E-state index contributed by atoms with van der Waals surface area (Å²) in [6.07, 6.45) is -0.236. The molecule has 7 heteroatoms. The topological polar surface area (TPSA) is 79.6 Å². The van der Waals surface area contributed by atoms with Gasteiger partial charge in [0.25, 0.3) is 0 Å². The number of benzene rings is 2. The molecule has 0 unspecified atom stereocenters. The van der Waals surface area contributed by atoms with Crippen LogP contribution in [0.1, 0.15) is 23.6 Å². The molecule has 6 nitrogen and oxygen atoms in total. The molecule has 1 amide bonds. The van der Waals surface area contributed by atoms with Gasteiger partial charge in [0.05, 0.1) is 32.8 Å². The first-order valence-corrected chi connectivity index (χ1v) is 9.00. The molecule has 1 aliphatic heterocycles. The summed E-state index contributed by atoms with van der Waals surface area (Å²) in [4.78, 5) is 27.0. The zero-order valence-electron chi connectivity index (χ0n) is 15.5. The minimum Gasteiger partial charge on any atom is -0.497 e. The van der Waals surface area contributed by atoms with Crippen molar-refractivity contribution < 1.29 is 19.1 Å². The molecule has 0 aliphatic carbocycles. The van der Waals surface area contributed by atoms with E-state index in [0.29, 0.717) is 16.3 Å². The molecule has 1 aliphatic rings. The van der Waals surface area contributed by atoms with Gasteiger partial charge >= 0.3 is 5.97 Å². The number of esters is 1. The molecule has 3 rings (SSSR count). The Balaban J connectivity index is 2.07. The summed E-state index contributed by atoms with van der Waals surface area (Å²) in [6, 6.07) is 15.4. The number of carbonyl (C=O) groups excluding carboxylic acids is 2. The molecule has 0 bridgehead atoms. The van der Waals surface area contributed by atoms with E-state index in [-0.39, 0.29) is 18.9 Å². The SMILES string of the molecule is COC(=O)[C@]1(C#N)CC(=O)N(Cc2ccc(Cl)cc2)[C@@H]1c1ccc(OC)cc1. The third-order valence-electron chi connectivity index (χ3n) is 4.98. The molecule has 2 atom stereocenters. The van der Waals surface area contributed by atoms with Crippen molar-refractivity contribution in [3.63, 3.8) is 0 Å². The second-order valence-electron chi connectivity index (χ2n) is 6.58. The summed E-state index contributed by atoms with van der Waals surface area (Å²) in [5.74, 6) is -0.372. The fourth-order valence-electron chi connectivity index (χ4n) is 3.58. The zero-order chi connectivity index (χ0) is 20.3. The number of rotatable bonds is 5. The van der Waals surface area contributed by atoms with Crippen LogP contribution in [-0.2, 0) is 20.9 Å². The van der Waals surface area contributed by atoms with E-state index in [1.54, 1.807) is 48.4 Å². The third-order valence-corrected chi connectivity index (χ3v) is 5.23. The molecule has 0 radical (unpaired) electrons. The van der Waals surface area contributed by atoms with Gasteiger partial charge in [-0.1, -0.05) is 35.9 Å². The van der Waals surface area contributed by atoms with E-state index < -0.39 is 17.4 Å². The van der Waals surface area contributed by atoms with Gasteiger partial charge in [-0.05, 0) is 35.4 Å². The Labute approximate surface area is 168 Å². The highest BCUT2D eigenvalue weighted by atomic mass is 35.5. The lowest BCUT2D eigenvalue weighted by Gasteiger charge is -2.31. The molecule has 2 aromatic carbocycles. The maximum atomic E-state index is 12.9. The van der Waals surface area contributed by atoms with Crippen molar-refractivity contribution in [1.82, 2.24) is 4.90 Å². The summed E-state index contributed by atoms with van der Waals surface area (Å²) in [7, 11) is 2.77. The Morgan fingerprint density at radius 2 is 1.86 bits per heavy atom. The summed E-state index contributed by atoms with van der Waals surface area (Å²) in [5.41, 5.74) is -0.116. The van der Waals surface area contributed by atoms with Crippen LogP contribution in [0, 0.1) is 16.7 Å². The van der Waals surface area contributed by atoms with Crippen LogP contribution < -0.4 is 4.74 Å². The van der Waals surface area contributed by atoms with Gasteiger partial charge in [-0.3, -0.25) is 9.59 Å². The van der Waals surface area contributed by atoms with Crippen molar-refractivity contribution in [2.45, 2.75) is 19.0 Å². The maximum Gasteiger partial charge on any atom is 0.329 e. The number of amides is 1. The number of nitriles is 1. The Hall–Kier alpha value is -3.04. The minimum absolute atomic E-state index is 0.236. The zero-order valence-corrected chi connectivity index (χ0v) is 16.3. The molecule has 0 saturated carbocycles. The van der Waals surface area contributed by atoms with E-state index in [1.807, 2.05) is 12.1 Å². The van der Waals surface area contributed by atoms with E-state index in [1.165, 1.54) is 7.11 Å². The highest BCUT2D eigenvalue weighted by Gasteiger charge is 2.59. The van der Waals surface area contributed by atoms with Crippen molar-refractivity contribution in [2.75, 3.05) is 14.2 Å². The van der Waals surface area contributed by atoms with Gasteiger partial charge in [0.2, 0.25) is 5.91 Å². The molecule has 144 valence electrons. The highest BCUT2D eigenvalue weighted by Crippen LogP contribution is 2.49. The second-order valence-corrected chi connectivity index (χ2v) is 7.01. The molecular weight excluding hydrogens is 380 g/mol. The number of likely N-dealkylation sites (tertiary alicyclic amines) is 1. The first kappa shape index (κ1) is 19.7. The van der Waals surface area contributed by atoms with Crippen molar-refractivity contribution >= 4 is 23.5 Å². The van der Waals surface area contributed by atoms with Gasteiger partial charge < -0.3 is 14.4 Å². The first-order valence-electron chi connectivity index (χ1n) is 8.62. The Kier molecular flexibility index (Phi) is 5.57. The van der Waals surface area contributed by atoms with E-state index in [9.17, 15) is 14.9 Å². The lowest BCUT2D eigenvalue weighted by atomic mass is 9.78. The maximum absolute atomic E-state index is 12.9. The minimum atomic E-state index is -1.62. The average molecular weight is 399 g/mol. The van der Waals surface area contributed by atoms with Crippen molar-refractivity contribution in [2.24, 2.45) is 5.41 Å². The average Bonchev–Trinajstić information content (AvgIpc) is 3.01. The van der Waals surface area contributed by atoms with Crippen molar-refractivity contribution in [1.29, 1.82) is 5.26 Å². The summed E-state index contributed by atoms with van der Waals surface area (Å²) in [6.45, 7) is 0.243. The van der Waals surface area contributed by atoms with E-state index in [2.05, 4.69) is 6.07 Å². The van der Waals surface area contributed by atoms with Crippen molar-refractivity contribution in [3.05, 3.63) is 64.7 Å². The number of carbonyl (C=O) groups is 2. The smallest absolute Gasteiger partial charge is 0.329 e. The van der Waals surface area contributed by atoms with Crippen molar-refractivity contribution in [3.8, 4) is 11.8 Å². The third kappa shape index (κ3) is 3.41. The van der Waals surface area contributed by atoms with Gasteiger partial charge in [-0.2, -0.15) is 5.26 Å². The molecule has 0 N–H and O–H groups in total. The monoisotopic (exact) mass is 398 g/mol. The molecule has 1 saturated heterocycles. The van der Waals surface area contributed by atoms with E-state index in [4.69, 9.17) is 21.1 Å². The lowest BCUT2D eigenvalue weighted by molar-refractivity contribution is -0.150. The number of halogens is 1.